The highest BCUT2D eigenvalue weighted by Crippen LogP contribution is 2.32. The van der Waals surface area contributed by atoms with Crippen LogP contribution in [0.5, 0.6) is 11.5 Å². The minimum atomic E-state index is -1.38. The van der Waals surface area contributed by atoms with Gasteiger partial charge in [-0.05, 0) is 17.7 Å². The standard InChI is InChI=1S/C19H17NO9/c1-26-18(24)28-13-10-6-9-12(15(13)29-19(25)27-2)16(21)20-14(17(22)23)11-7-4-3-5-8-11/h3-10,14H,1-2H3,(H,20,21)(H,22,23). The normalized spacial score (nSPS) is 11.0. The average Bonchev–Trinajstić information content (AvgIpc) is 2.73. The second-order valence-corrected chi connectivity index (χ2v) is 5.40. The lowest BCUT2D eigenvalue weighted by molar-refractivity contribution is -0.139. The third kappa shape index (κ3) is 5.45. The molecule has 1 atom stereocenters. The van der Waals surface area contributed by atoms with E-state index >= 15 is 0 Å². The van der Waals surface area contributed by atoms with Crippen LogP contribution >= 0.6 is 0 Å². The molecule has 0 saturated heterocycles. The van der Waals surface area contributed by atoms with Gasteiger partial charge in [-0.2, -0.15) is 0 Å². The number of amides is 1. The Hall–Kier alpha value is -4.08. The van der Waals surface area contributed by atoms with Gasteiger partial charge in [0.2, 0.25) is 0 Å². The molecular weight excluding hydrogens is 386 g/mol. The zero-order valence-electron chi connectivity index (χ0n) is 15.4. The van der Waals surface area contributed by atoms with Crippen molar-refractivity contribution in [2.75, 3.05) is 14.2 Å². The monoisotopic (exact) mass is 403 g/mol. The largest absolute Gasteiger partial charge is 0.513 e. The molecule has 152 valence electrons. The molecule has 0 saturated carbocycles. The first-order chi connectivity index (χ1) is 13.9. The van der Waals surface area contributed by atoms with E-state index in [0.29, 0.717) is 5.56 Å². The van der Waals surface area contributed by atoms with E-state index < -0.39 is 36.0 Å². The number of methoxy groups -OCH3 is 2. The molecule has 29 heavy (non-hydrogen) atoms. The van der Waals surface area contributed by atoms with Gasteiger partial charge in [0.05, 0.1) is 19.8 Å². The lowest BCUT2D eigenvalue weighted by Gasteiger charge is -2.17. The summed E-state index contributed by atoms with van der Waals surface area (Å²) in [6.45, 7) is 0. The molecule has 10 heteroatoms. The van der Waals surface area contributed by atoms with Crippen molar-refractivity contribution in [1.29, 1.82) is 0 Å². The van der Waals surface area contributed by atoms with Gasteiger partial charge in [-0.3, -0.25) is 4.79 Å². The number of carboxylic acids is 1. The molecule has 2 aromatic carbocycles. The first-order valence-electron chi connectivity index (χ1n) is 8.10. The van der Waals surface area contributed by atoms with Crippen molar-refractivity contribution in [2.24, 2.45) is 0 Å². The Kier molecular flexibility index (Phi) is 7.13. The molecule has 2 N–H and O–H groups in total. The fourth-order valence-electron chi connectivity index (χ4n) is 2.28. The molecule has 0 fully saturated rings. The molecule has 0 aliphatic rings. The molecule has 0 radical (unpaired) electrons. The lowest BCUT2D eigenvalue weighted by Crippen LogP contribution is -2.34. The maximum Gasteiger partial charge on any atom is 0.513 e. The molecular formula is C19H17NO9. The zero-order chi connectivity index (χ0) is 21.4. The zero-order valence-corrected chi connectivity index (χ0v) is 15.4. The minimum Gasteiger partial charge on any atom is -0.479 e. The Labute approximate surface area is 164 Å². The number of carbonyl (C=O) groups excluding carboxylic acids is 3. The van der Waals surface area contributed by atoms with Crippen LogP contribution in [0.2, 0.25) is 0 Å². The summed E-state index contributed by atoms with van der Waals surface area (Å²) in [4.78, 5) is 47.4. The molecule has 1 amide bonds. The predicted octanol–water partition coefficient (Wildman–Crippen LogP) is 2.53. The maximum atomic E-state index is 12.8. The maximum absolute atomic E-state index is 12.8. The summed E-state index contributed by atoms with van der Waals surface area (Å²) in [6, 6.07) is 10.5. The SMILES string of the molecule is COC(=O)Oc1cccc(C(=O)NC(C(=O)O)c2ccccc2)c1OC(=O)OC. The molecule has 2 aromatic rings. The Morgan fingerprint density at radius 2 is 1.48 bits per heavy atom. The van der Waals surface area contributed by atoms with Crippen LogP contribution in [0, 0.1) is 0 Å². The van der Waals surface area contributed by atoms with Gasteiger partial charge in [0.1, 0.15) is 0 Å². The Morgan fingerprint density at radius 1 is 0.862 bits per heavy atom. The van der Waals surface area contributed by atoms with Gasteiger partial charge >= 0.3 is 18.3 Å². The van der Waals surface area contributed by atoms with E-state index in [-0.39, 0.29) is 11.3 Å². The van der Waals surface area contributed by atoms with E-state index in [0.717, 1.165) is 14.2 Å². The minimum absolute atomic E-state index is 0.265. The van der Waals surface area contributed by atoms with Gasteiger partial charge < -0.3 is 29.4 Å². The van der Waals surface area contributed by atoms with Gasteiger partial charge in [0.15, 0.2) is 17.5 Å². The molecule has 0 bridgehead atoms. The van der Waals surface area contributed by atoms with Crippen molar-refractivity contribution >= 4 is 24.2 Å². The smallest absolute Gasteiger partial charge is 0.479 e. The first-order valence-corrected chi connectivity index (χ1v) is 8.10. The summed E-state index contributed by atoms with van der Waals surface area (Å²) in [5.74, 6) is -2.95. The second kappa shape index (κ2) is 9.74. The van der Waals surface area contributed by atoms with Crippen molar-refractivity contribution in [3.05, 3.63) is 59.7 Å². The summed E-state index contributed by atoms with van der Waals surface area (Å²) >= 11 is 0. The summed E-state index contributed by atoms with van der Waals surface area (Å²) in [5.41, 5.74) is 0.0599. The number of carboxylic acid groups (broad SMARTS) is 1. The number of hydrogen-bond donors (Lipinski definition) is 2. The Bertz CT molecular complexity index is 911. The fraction of sp³-hybridized carbons (Fsp3) is 0.158. The van der Waals surface area contributed by atoms with E-state index in [4.69, 9.17) is 9.47 Å². The lowest BCUT2D eigenvalue weighted by atomic mass is 10.1. The van der Waals surface area contributed by atoms with E-state index in [1.807, 2.05) is 0 Å². The highest BCUT2D eigenvalue weighted by atomic mass is 16.7. The molecule has 0 aliphatic carbocycles. The second-order valence-electron chi connectivity index (χ2n) is 5.40. The highest BCUT2D eigenvalue weighted by Gasteiger charge is 2.27. The number of aliphatic carboxylic acids is 1. The van der Waals surface area contributed by atoms with Gasteiger partial charge in [-0.15, -0.1) is 0 Å². The van der Waals surface area contributed by atoms with Crippen molar-refractivity contribution < 1.29 is 43.2 Å². The first kappa shape index (κ1) is 21.2. The van der Waals surface area contributed by atoms with Gasteiger partial charge in [0.25, 0.3) is 5.91 Å². The number of ether oxygens (including phenoxy) is 4. The number of rotatable bonds is 6. The van der Waals surface area contributed by atoms with Crippen molar-refractivity contribution in [2.45, 2.75) is 6.04 Å². The molecule has 2 rings (SSSR count). The highest BCUT2D eigenvalue weighted by molar-refractivity contribution is 6.00. The average molecular weight is 403 g/mol. The van der Waals surface area contributed by atoms with Crippen LogP contribution in [0.3, 0.4) is 0 Å². The predicted molar refractivity (Wildman–Crippen MR) is 96.8 cm³/mol. The van der Waals surface area contributed by atoms with E-state index in [1.54, 1.807) is 18.2 Å². The summed E-state index contributed by atoms with van der Waals surface area (Å²) in [7, 11) is 2.11. The van der Waals surface area contributed by atoms with Crippen LogP contribution in [-0.4, -0.2) is 43.5 Å². The van der Waals surface area contributed by atoms with Gasteiger partial charge in [0, 0.05) is 0 Å². The molecule has 0 spiro atoms. The van der Waals surface area contributed by atoms with Crippen LogP contribution in [-0.2, 0) is 14.3 Å². The molecule has 1 unspecified atom stereocenters. The number of para-hydroxylation sites is 1. The Morgan fingerprint density at radius 3 is 2.07 bits per heavy atom. The van der Waals surface area contributed by atoms with E-state index in [2.05, 4.69) is 14.8 Å². The van der Waals surface area contributed by atoms with Crippen LogP contribution in [0.25, 0.3) is 0 Å². The molecule has 0 heterocycles. The van der Waals surface area contributed by atoms with E-state index in [9.17, 15) is 24.3 Å². The summed E-state index contributed by atoms with van der Waals surface area (Å²) in [6.07, 6.45) is -2.30. The van der Waals surface area contributed by atoms with Crippen molar-refractivity contribution in [1.82, 2.24) is 5.32 Å². The number of benzene rings is 2. The Balaban J connectivity index is 2.41. The number of hydrogen-bond acceptors (Lipinski definition) is 8. The van der Waals surface area contributed by atoms with Crippen LogP contribution in [0.15, 0.2) is 48.5 Å². The van der Waals surface area contributed by atoms with E-state index in [1.165, 1.54) is 30.3 Å². The number of carbonyl (C=O) groups is 4. The van der Waals surface area contributed by atoms with Crippen molar-refractivity contribution in [3.8, 4) is 11.5 Å². The van der Waals surface area contributed by atoms with Crippen LogP contribution in [0.1, 0.15) is 22.0 Å². The van der Waals surface area contributed by atoms with Crippen LogP contribution in [0.4, 0.5) is 9.59 Å². The van der Waals surface area contributed by atoms with Crippen LogP contribution < -0.4 is 14.8 Å². The van der Waals surface area contributed by atoms with Gasteiger partial charge in [-0.1, -0.05) is 36.4 Å². The molecule has 0 aliphatic heterocycles. The fourth-order valence-corrected chi connectivity index (χ4v) is 2.28. The molecule has 0 aromatic heterocycles. The van der Waals surface area contributed by atoms with Crippen molar-refractivity contribution in [3.63, 3.8) is 0 Å². The summed E-state index contributed by atoms with van der Waals surface area (Å²) in [5, 5.41) is 11.8. The third-order valence-corrected chi connectivity index (χ3v) is 3.59. The van der Waals surface area contributed by atoms with Gasteiger partial charge in [-0.25, -0.2) is 14.4 Å². The number of nitrogens with one attached hydrogen (secondary N) is 1. The third-order valence-electron chi connectivity index (χ3n) is 3.59. The molecule has 10 nitrogen and oxygen atoms in total. The summed E-state index contributed by atoms with van der Waals surface area (Å²) < 4.78 is 18.6. The quantitative estimate of drug-likeness (QED) is 0.550. The topological polar surface area (TPSA) is 137 Å².